The van der Waals surface area contributed by atoms with E-state index in [9.17, 15) is 14.0 Å². The van der Waals surface area contributed by atoms with Crippen LogP contribution in [0.5, 0.6) is 0 Å². The van der Waals surface area contributed by atoms with Gasteiger partial charge in [0.1, 0.15) is 17.2 Å². The van der Waals surface area contributed by atoms with E-state index >= 15 is 0 Å². The molecule has 2 aromatic heterocycles. The fraction of sp³-hybridized carbons (Fsp3) is 0.0455. The van der Waals surface area contributed by atoms with Crippen LogP contribution in [0.2, 0.25) is 0 Å². The Morgan fingerprint density at radius 3 is 2.50 bits per heavy atom. The summed E-state index contributed by atoms with van der Waals surface area (Å²) in [5, 5.41) is 0.405. The minimum Gasteiger partial charge on any atom is -0.451 e. The molecule has 0 saturated heterocycles. The summed E-state index contributed by atoms with van der Waals surface area (Å²) in [4.78, 5) is 31.2. The predicted molar refractivity (Wildman–Crippen MR) is 104 cm³/mol. The van der Waals surface area contributed by atoms with Crippen molar-refractivity contribution in [2.75, 3.05) is 4.90 Å². The highest BCUT2D eigenvalue weighted by molar-refractivity contribution is 6.04. The highest BCUT2D eigenvalue weighted by Crippen LogP contribution is 2.20. The molecule has 0 radical (unpaired) electrons. The second-order valence-electron chi connectivity index (χ2n) is 6.18. The average molecular weight is 374 g/mol. The van der Waals surface area contributed by atoms with Crippen molar-refractivity contribution in [3.63, 3.8) is 0 Å². The molecule has 6 heteroatoms. The molecule has 0 unspecified atom stereocenters. The number of carbonyl (C=O) groups excluding carboxylic acids is 1. The molecule has 2 heterocycles. The van der Waals surface area contributed by atoms with Crippen LogP contribution in [-0.2, 0) is 6.54 Å². The Bertz CT molecular complexity index is 1190. The minimum absolute atomic E-state index is 0.0866. The smallest absolute Gasteiger partial charge is 0.295 e. The van der Waals surface area contributed by atoms with Crippen LogP contribution in [-0.4, -0.2) is 10.9 Å². The fourth-order valence-electron chi connectivity index (χ4n) is 2.88. The van der Waals surface area contributed by atoms with Crippen molar-refractivity contribution in [2.24, 2.45) is 0 Å². The van der Waals surface area contributed by atoms with Crippen LogP contribution in [0, 0.1) is 5.82 Å². The summed E-state index contributed by atoms with van der Waals surface area (Å²) in [5.41, 5.74) is 0.748. The van der Waals surface area contributed by atoms with Gasteiger partial charge < -0.3 is 4.42 Å². The molecule has 0 atom stereocenters. The van der Waals surface area contributed by atoms with Crippen molar-refractivity contribution in [2.45, 2.75) is 6.54 Å². The number of nitrogens with zero attached hydrogens (tertiary/aromatic N) is 2. The van der Waals surface area contributed by atoms with Gasteiger partial charge in [-0.05, 0) is 42.0 Å². The first-order valence-electron chi connectivity index (χ1n) is 8.62. The van der Waals surface area contributed by atoms with Gasteiger partial charge in [0.2, 0.25) is 0 Å². The SMILES string of the molecule is O=C(c1cc(=O)c2ccccc2o1)N(Cc1ccc(F)cc1)c1ccccn1. The molecule has 0 aliphatic carbocycles. The number of pyridine rings is 1. The van der Waals surface area contributed by atoms with Crippen LogP contribution in [0.4, 0.5) is 10.2 Å². The van der Waals surface area contributed by atoms with E-state index in [0.717, 1.165) is 0 Å². The van der Waals surface area contributed by atoms with Crippen molar-refractivity contribution in [1.29, 1.82) is 0 Å². The number of fused-ring (bicyclic) bond motifs is 1. The van der Waals surface area contributed by atoms with E-state index in [4.69, 9.17) is 4.42 Å². The maximum absolute atomic E-state index is 13.2. The van der Waals surface area contributed by atoms with Crippen molar-refractivity contribution in [1.82, 2.24) is 4.98 Å². The van der Waals surface area contributed by atoms with E-state index in [2.05, 4.69) is 4.98 Å². The van der Waals surface area contributed by atoms with Crippen molar-refractivity contribution in [3.8, 4) is 0 Å². The lowest BCUT2D eigenvalue weighted by molar-refractivity contribution is 0.0958. The number of hydrogen-bond acceptors (Lipinski definition) is 4. The molecule has 4 rings (SSSR count). The van der Waals surface area contributed by atoms with Crippen LogP contribution < -0.4 is 10.3 Å². The van der Waals surface area contributed by atoms with E-state index in [-0.39, 0.29) is 23.6 Å². The zero-order valence-electron chi connectivity index (χ0n) is 14.7. The molecule has 0 saturated carbocycles. The average Bonchev–Trinajstić information content (AvgIpc) is 2.73. The van der Waals surface area contributed by atoms with Gasteiger partial charge in [-0.1, -0.05) is 30.3 Å². The number of aromatic nitrogens is 1. The van der Waals surface area contributed by atoms with Crippen LogP contribution in [0.25, 0.3) is 11.0 Å². The second kappa shape index (κ2) is 7.44. The number of carbonyl (C=O) groups is 1. The number of hydrogen-bond donors (Lipinski definition) is 0. The Morgan fingerprint density at radius 1 is 1.00 bits per heavy atom. The lowest BCUT2D eigenvalue weighted by atomic mass is 10.2. The predicted octanol–water partition coefficient (Wildman–Crippen LogP) is 4.17. The molecule has 0 fully saturated rings. The van der Waals surface area contributed by atoms with E-state index in [1.807, 2.05) is 0 Å². The normalized spacial score (nSPS) is 10.8. The Kier molecular flexibility index (Phi) is 4.68. The molecule has 0 N–H and O–H groups in total. The van der Waals surface area contributed by atoms with Crippen LogP contribution in [0.15, 0.2) is 88.2 Å². The van der Waals surface area contributed by atoms with Crippen molar-refractivity contribution in [3.05, 3.63) is 106 Å². The topological polar surface area (TPSA) is 63.4 Å². The maximum atomic E-state index is 13.2. The number of anilines is 1. The van der Waals surface area contributed by atoms with Gasteiger partial charge in [0, 0.05) is 12.3 Å². The molecular formula is C22H15FN2O3. The number of para-hydroxylation sites is 1. The summed E-state index contributed by atoms with van der Waals surface area (Å²) >= 11 is 0. The zero-order valence-corrected chi connectivity index (χ0v) is 14.7. The van der Waals surface area contributed by atoms with Gasteiger partial charge in [-0.2, -0.15) is 0 Å². The number of rotatable bonds is 4. The molecular weight excluding hydrogens is 359 g/mol. The summed E-state index contributed by atoms with van der Waals surface area (Å²) in [5.74, 6) is -0.560. The van der Waals surface area contributed by atoms with Gasteiger partial charge in [0.15, 0.2) is 11.2 Å². The highest BCUT2D eigenvalue weighted by Gasteiger charge is 2.22. The quantitative estimate of drug-likeness (QED) is 0.538. The van der Waals surface area contributed by atoms with E-state index in [0.29, 0.717) is 22.4 Å². The molecule has 0 aliphatic rings. The van der Waals surface area contributed by atoms with Gasteiger partial charge in [-0.3, -0.25) is 14.5 Å². The molecule has 0 spiro atoms. The first-order chi connectivity index (χ1) is 13.6. The highest BCUT2D eigenvalue weighted by atomic mass is 19.1. The largest absolute Gasteiger partial charge is 0.451 e. The molecule has 0 aliphatic heterocycles. The van der Waals surface area contributed by atoms with Gasteiger partial charge in [-0.15, -0.1) is 0 Å². The van der Waals surface area contributed by atoms with Crippen LogP contribution in [0.1, 0.15) is 16.1 Å². The van der Waals surface area contributed by atoms with E-state index in [1.54, 1.807) is 60.8 Å². The zero-order chi connectivity index (χ0) is 19.5. The molecule has 4 aromatic rings. The first kappa shape index (κ1) is 17.6. The van der Waals surface area contributed by atoms with E-state index < -0.39 is 5.91 Å². The number of amides is 1. The summed E-state index contributed by atoms with van der Waals surface area (Å²) < 4.78 is 18.9. The molecule has 0 bridgehead atoms. The molecule has 138 valence electrons. The molecule has 1 amide bonds. The lowest BCUT2D eigenvalue weighted by Crippen LogP contribution is -2.31. The molecule has 28 heavy (non-hydrogen) atoms. The number of benzene rings is 2. The second-order valence-corrected chi connectivity index (χ2v) is 6.18. The fourth-order valence-corrected chi connectivity index (χ4v) is 2.88. The molecule has 5 nitrogen and oxygen atoms in total. The summed E-state index contributed by atoms with van der Waals surface area (Å²) in [6.45, 7) is 0.145. The summed E-state index contributed by atoms with van der Waals surface area (Å²) in [7, 11) is 0. The summed E-state index contributed by atoms with van der Waals surface area (Å²) in [6.07, 6.45) is 1.57. The minimum atomic E-state index is -0.508. The van der Waals surface area contributed by atoms with Gasteiger partial charge in [0.05, 0.1) is 11.9 Å². The Labute approximate surface area is 159 Å². The van der Waals surface area contributed by atoms with Crippen molar-refractivity contribution >= 4 is 22.7 Å². The monoisotopic (exact) mass is 374 g/mol. The Morgan fingerprint density at radius 2 is 1.75 bits per heavy atom. The van der Waals surface area contributed by atoms with Crippen molar-refractivity contribution < 1.29 is 13.6 Å². The van der Waals surface area contributed by atoms with Crippen LogP contribution in [0.3, 0.4) is 0 Å². The lowest BCUT2D eigenvalue weighted by Gasteiger charge is -2.21. The van der Waals surface area contributed by atoms with Crippen LogP contribution >= 0.6 is 0 Å². The number of halogens is 1. The van der Waals surface area contributed by atoms with Gasteiger partial charge in [-0.25, -0.2) is 9.37 Å². The Hall–Kier alpha value is -3.80. The summed E-state index contributed by atoms with van der Waals surface area (Å²) in [6, 6.07) is 18.9. The standard InChI is InChI=1S/C22H15FN2O3/c23-16-10-8-15(9-11-16)14-25(21-7-3-4-12-24-21)22(27)20-13-18(26)17-5-1-2-6-19(17)28-20/h1-13H,14H2. The maximum Gasteiger partial charge on any atom is 0.295 e. The van der Waals surface area contributed by atoms with Gasteiger partial charge in [0.25, 0.3) is 5.91 Å². The van der Waals surface area contributed by atoms with Gasteiger partial charge >= 0.3 is 0 Å². The molecule has 2 aromatic carbocycles. The third kappa shape index (κ3) is 3.53. The first-order valence-corrected chi connectivity index (χ1v) is 8.62. The van der Waals surface area contributed by atoms with E-state index in [1.165, 1.54) is 23.1 Å². The third-order valence-electron chi connectivity index (χ3n) is 4.27. The Balaban J connectivity index is 1.76. The third-order valence-corrected chi connectivity index (χ3v) is 4.27.